The van der Waals surface area contributed by atoms with Crippen molar-refractivity contribution >= 4 is 17.9 Å². The number of rotatable bonds is 42. The van der Waals surface area contributed by atoms with Crippen LogP contribution >= 0.6 is 0 Å². The van der Waals surface area contributed by atoms with E-state index >= 15 is 0 Å². The Morgan fingerprint density at radius 3 is 1.13 bits per heavy atom. The van der Waals surface area contributed by atoms with E-state index in [4.69, 9.17) is 14.2 Å². The lowest BCUT2D eigenvalue weighted by Crippen LogP contribution is -2.30. The lowest BCUT2D eigenvalue weighted by molar-refractivity contribution is -0.167. The molecule has 0 aromatic rings. The van der Waals surface area contributed by atoms with Gasteiger partial charge in [0.05, 0.1) is 0 Å². The Hall–Kier alpha value is -2.37. The Labute approximate surface area is 340 Å². The van der Waals surface area contributed by atoms with Crippen molar-refractivity contribution in [2.24, 2.45) is 0 Å². The summed E-state index contributed by atoms with van der Waals surface area (Å²) in [6.45, 7) is 6.49. The second-order valence-electron chi connectivity index (χ2n) is 15.6. The van der Waals surface area contributed by atoms with Gasteiger partial charge < -0.3 is 14.2 Å². The summed E-state index contributed by atoms with van der Waals surface area (Å²) in [4.78, 5) is 37.7. The standard InChI is InChI=1S/C49H88O6/c1-4-7-10-13-16-19-21-23-24-26-28-31-34-37-40-43-49(52)55-46(44-53-47(50)41-38-35-32-29-18-15-12-9-6-3)45-54-48(51)42-39-36-33-30-27-25-22-20-17-14-11-8-5-2/h9,12,16,19,23-24,46H,4-8,10-11,13-15,17-18,20-22,25-45H2,1-3H3/b12-9-,19-16-,24-23-. The molecule has 1 unspecified atom stereocenters. The molecule has 0 amide bonds. The van der Waals surface area contributed by atoms with Crippen molar-refractivity contribution in [3.63, 3.8) is 0 Å². The van der Waals surface area contributed by atoms with Crippen LogP contribution in [0.2, 0.25) is 0 Å². The van der Waals surface area contributed by atoms with E-state index in [1.54, 1.807) is 0 Å². The largest absolute Gasteiger partial charge is 0.462 e. The number of hydrogen-bond acceptors (Lipinski definition) is 6. The van der Waals surface area contributed by atoms with E-state index in [1.807, 2.05) is 0 Å². The SMILES string of the molecule is CC/C=C\CCCCCCCC(=O)OCC(COC(=O)CCCCCCCCCCCCCCC)OC(=O)CCCCCCC/C=C\C/C=C\CCCCC. The molecule has 1 atom stereocenters. The number of carbonyl (C=O) groups excluding carboxylic acids is 3. The third-order valence-corrected chi connectivity index (χ3v) is 10.1. The Morgan fingerprint density at radius 1 is 0.382 bits per heavy atom. The zero-order valence-corrected chi connectivity index (χ0v) is 36.4. The number of allylic oxidation sites excluding steroid dienone is 6. The molecule has 0 aliphatic carbocycles. The lowest BCUT2D eigenvalue weighted by atomic mass is 10.0. The van der Waals surface area contributed by atoms with Crippen molar-refractivity contribution in [1.82, 2.24) is 0 Å². The van der Waals surface area contributed by atoms with Crippen LogP contribution in [0.3, 0.4) is 0 Å². The van der Waals surface area contributed by atoms with Crippen LogP contribution in [0.1, 0.15) is 239 Å². The second-order valence-corrected chi connectivity index (χ2v) is 15.6. The number of ether oxygens (including phenoxy) is 3. The van der Waals surface area contributed by atoms with Gasteiger partial charge in [-0.05, 0) is 70.6 Å². The maximum Gasteiger partial charge on any atom is 0.306 e. The molecular formula is C49H88O6. The summed E-state index contributed by atoms with van der Waals surface area (Å²) >= 11 is 0. The molecule has 0 aromatic heterocycles. The fraction of sp³-hybridized carbons (Fsp3) is 0.816. The molecule has 55 heavy (non-hydrogen) atoms. The van der Waals surface area contributed by atoms with Gasteiger partial charge in [-0.3, -0.25) is 14.4 Å². The van der Waals surface area contributed by atoms with Crippen molar-refractivity contribution in [2.75, 3.05) is 13.2 Å². The first-order valence-electron chi connectivity index (χ1n) is 23.5. The smallest absolute Gasteiger partial charge is 0.306 e. The highest BCUT2D eigenvalue weighted by Gasteiger charge is 2.19. The summed E-state index contributed by atoms with van der Waals surface area (Å²) in [5, 5.41) is 0. The summed E-state index contributed by atoms with van der Waals surface area (Å²) in [5.74, 6) is -0.902. The van der Waals surface area contributed by atoms with Gasteiger partial charge in [-0.25, -0.2) is 0 Å². The molecule has 0 saturated carbocycles. The highest BCUT2D eigenvalue weighted by atomic mass is 16.6. The number of esters is 3. The van der Waals surface area contributed by atoms with Crippen molar-refractivity contribution in [1.29, 1.82) is 0 Å². The average molecular weight is 773 g/mol. The average Bonchev–Trinajstić information content (AvgIpc) is 3.18. The zero-order valence-electron chi connectivity index (χ0n) is 36.4. The van der Waals surface area contributed by atoms with E-state index < -0.39 is 6.10 Å². The Kier molecular flexibility index (Phi) is 42.4. The molecule has 0 N–H and O–H groups in total. The summed E-state index contributed by atoms with van der Waals surface area (Å²) < 4.78 is 16.7. The Bertz CT molecular complexity index is 938. The maximum absolute atomic E-state index is 12.7. The molecule has 0 fully saturated rings. The fourth-order valence-corrected chi connectivity index (χ4v) is 6.59. The highest BCUT2D eigenvalue weighted by molar-refractivity contribution is 5.71. The van der Waals surface area contributed by atoms with Gasteiger partial charge in [-0.15, -0.1) is 0 Å². The van der Waals surface area contributed by atoms with Crippen molar-refractivity contribution in [3.05, 3.63) is 36.5 Å². The Morgan fingerprint density at radius 2 is 0.709 bits per heavy atom. The van der Waals surface area contributed by atoms with E-state index in [9.17, 15) is 14.4 Å². The molecule has 0 aromatic carbocycles. The first-order chi connectivity index (χ1) is 27.0. The van der Waals surface area contributed by atoms with E-state index in [0.717, 1.165) is 96.3 Å². The predicted molar refractivity (Wildman–Crippen MR) is 233 cm³/mol. The first-order valence-corrected chi connectivity index (χ1v) is 23.5. The van der Waals surface area contributed by atoms with Gasteiger partial charge in [-0.2, -0.15) is 0 Å². The van der Waals surface area contributed by atoms with Crippen molar-refractivity contribution in [3.8, 4) is 0 Å². The second kappa shape index (κ2) is 44.3. The molecule has 0 bridgehead atoms. The van der Waals surface area contributed by atoms with Gasteiger partial charge in [-0.1, -0.05) is 186 Å². The third-order valence-electron chi connectivity index (χ3n) is 10.1. The van der Waals surface area contributed by atoms with Crippen LogP contribution in [0.5, 0.6) is 0 Å². The number of hydrogen-bond donors (Lipinski definition) is 0. The molecule has 0 heterocycles. The zero-order chi connectivity index (χ0) is 40.1. The van der Waals surface area contributed by atoms with Crippen molar-refractivity contribution < 1.29 is 28.6 Å². The third kappa shape index (κ3) is 42.6. The summed E-state index contributed by atoms with van der Waals surface area (Å²) in [5.41, 5.74) is 0. The monoisotopic (exact) mass is 773 g/mol. The quantitative estimate of drug-likeness (QED) is 0.0266. The van der Waals surface area contributed by atoms with Crippen LogP contribution in [0.15, 0.2) is 36.5 Å². The number of carbonyl (C=O) groups is 3. The lowest BCUT2D eigenvalue weighted by Gasteiger charge is -2.18. The summed E-state index contributed by atoms with van der Waals surface area (Å²) in [7, 11) is 0. The predicted octanol–water partition coefficient (Wildman–Crippen LogP) is 15.0. The maximum atomic E-state index is 12.7. The summed E-state index contributed by atoms with van der Waals surface area (Å²) in [6.07, 6.45) is 49.8. The Balaban J connectivity index is 4.36. The van der Waals surface area contributed by atoms with Gasteiger partial charge in [0.1, 0.15) is 13.2 Å². The molecule has 6 nitrogen and oxygen atoms in total. The normalized spacial score (nSPS) is 12.3. The fourth-order valence-electron chi connectivity index (χ4n) is 6.59. The van der Waals surface area contributed by atoms with Gasteiger partial charge in [0.15, 0.2) is 6.10 Å². The minimum Gasteiger partial charge on any atom is -0.462 e. The van der Waals surface area contributed by atoms with Crippen LogP contribution in [-0.2, 0) is 28.6 Å². The topological polar surface area (TPSA) is 78.9 Å². The first kappa shape index (κ1) is 52.6. The molecule has 0 aliphatic heterocycles. The van der Waals surface area contributed by atoms with Crippen LogP contribution in [0.4, 0.5) is 0 Å². The van der Waals surface area contributed by atoms with Gasteiger partial charge >= 0.3 is 17.9 Å². The molecule has 0 aliphatic rings. The molecule has 0 spiro atoms. The van der Waals surface area contributed by atoms with E-state index in [-0.39, 0.29) is 31.1 Å². The minimum absolute atomic E-state index is 0.0784. The number of unbranched alkanes of at least 4 members (excludes halogenated alkanes) is 25. The molecule has 6 heteroatoms. The van der Waals surface area contributed by atoms with Gasteiger partial charge in [0, 0.05) is 19.3 Å². The van der Waals surface area contributed by atoms with Crippen LogP contribution < -0.4 is 0 Å². The minimum atomic E-state index is -0.777. The molecule has 0 radical (unpaired) electrons. The van der Waals surface area contributed by atoms with Gasteiger partial charge in [0.2, 0.25) is 0 Å². The van der Waals surface area contributed by atoms with Gasteiger partial charge in [0.25, 0.3) is 0 Å². The molecule has 0 rings (SSSR count). The molecule has 320 valence electrons. The van der Waals surface area contributed by atoms with Crippen molar-refractivity contribution in [2.45, 2.75) is 245 Å². The van der Waals surface area contributed by atoms with E-state index in [1.165, 1.54) is 103 Å². The van der Waals surface area contributed by atoms with Crippen LogP contribution in [-0.4, -0.2) is 37.2 Å². The molecular weight excluding hydrogens is 685 g/mol. The van der Waals surface area contributed by atoms with Crippen LogP contribution in [0.25, 0.3) is 0 Å². The molecule has 0 saturated heterocycles. The van der Waals surface area contributed by atoms with E-state index in [0.29, 0.717) is 19.3 Å². The summed E-state index contributed by atoms with van der Waals surface area (Å²) in [6, 6.07) is 0. The van der Waals surface area contributed by atoms with E-state index in [2.05, 4.69) is 57.2 Å². The highest BCUT2D eigenvalue weighted by Crippen LogP contribution is 2.15. The van der Waals surface area contributed by atoms with Crippen LogP contribution in [0, 0.1) is 0 Å².